The van der Waals surface area contributed by atoms with Gasteiger partial charge in [0, 0.05) is 6.07 Å². The van der Waals surface area contributed by atoms with Crippen LogP contribution in [0.4, 0.5) is 10.5 Å². The number of hydrogen-bond donors (Lipinski definition) is 2. The number of benzene rings is 1. The summed E-state index contributed by atoms with van der Waals surface area (Å²) in [6, 6.07) is 3.63. The van der Waals surface area contributed by atoms with Gasteiger partial charge in [0.1, 0.15) is 17.7 Å². The number of carbonyl (C=O) groups excluding carboxylic acids is 2. The predicted molar refractivity (Wildman–Crippen MR) is 90.8 cm³/mol. The summed E-state index contributed by atoms with van der Waals surface area (Å²) < 4.78 is 5.83. The molecule has 0 saturated carbocycles. The van der Waals surface area contributed by atoms with Gasteiger partial charge in [-0.15, -0.1) is 0 Å². The normalized spacial score (nSPS) is 16.7. The number of imide groups is 1. The molecule has 134 valence electrons. The van der Waals surface area contributed by atoms with E-state index in [0.29, 0.717) is 5.75 Å². The minimum Gasteiger partial charge on any atom is -0.475 e. The van der Waals surface area contributed by atoms with Crippen molar-refractivity contribution >= 4 is 23.7 Å². The molecule has 1 aliphatic heterocycles. The van der Waals surface area contributed by atoms with E-state index in [1.54, 1.807) is 0 Å². The lowest BCUT2D eigenvalue weighted by atomic mass is 10.1. The summed E-state index contributed by atoms with van der Waals surface area (Å²) in [5.41, 5.74) is -0.0760. The van der Waals surface area contributed by atoms with Crippen molar-refractivity contribution in [2.75, 3.05) is 13.1 Å². The van der Waals surface area contributed by atoms with Gasteiger partial charge in [-0.2, -0.15) is 0 Å². The zero-order valence-electron chi connectivity index (χ0n) is 14.2. The number of nitrogens with one attached hydrogen (secondary N) is 2. The molecule has 1 unspecified atom stereocenters. The van der Waals surface area contributed by atoms with Gasteiger partial charge in [-0.05, 0) is 38.2 Å². The van der Waals surface area contributed by atoms with E-state index in [1.807, 2.05) is 26.1 Å². The molecule has 1 heterocycles. The molecule has 1 aromatic carbocycles. The monoisotopic (exact) mass is 348 g/mol. The third kappa shape index (κ3) is 4.32. The Labute approximate surface area is 144 Å². The van der Waals surface area contributed by atoms with Crippen LogP contribution in [0.2, 0.25) is 0 Å². The maximum absolute atomic E-state index is 11.6. The highest BCUT2D eigenvalue weighted by molar-refractivity contribution is 6.14. The van der Waals surface area contributed by atoms with Gasteiger partial charge in [0.25, 0.3) is 11.6 Å². The SMILES string of the molecule is CCN(CC)C(C)Oc1ccc([N+](=O)[O-])c(C=C2NC(=O)NC2=O)c1. The maximum atomic E-state index is 11.6. The minimum absolute atomic E-state index is 0.0537. The zero-order valence-corrected chi connectivity index (χ0v) is 14.2. The Bertz CT molecular complexity index is 727. The van der Waals surface area contributed by atoms with E-state index >= 15 is 0 Å². The van der Waals surface area contributed by atoms with Crippen LogP contribution < -0.4 is 15.4 Å². The van der Waals surface area contributed by atoms with Crippen molar-refractivity contribution < 1.29 is 19.2 Å². The van der Waals surface area contributed by atoms with Gasteiger partial charge in [-0.3, -0.25) is 25.1 Å². The van der Waals surface area contributed by atoms with Crippen LogP contribution in [-0.2, 0) is 4.79 Å². The minimum atomic E-state index is -0.665. The molecule has 9 nitrogen and oxygen atoms in total. The molecule has 9 heteroatoms. The van der Waals surface area contributed by atoms with Gasteiger partial charge in [0.15, 0.2) is 0 Å². The van der Waals surface area contributed by atoms with Crippen LogP contribution in [-0.4, -0.2) is 41.1 Å². The van der Waals surface area contributed by atoms with Crippen LogP contribution in [0.5, 0.6) is 5.75 Å². The Morgan fingerprint density at radius 1 is 1.28 bits per heavy atom. The predicted octanol–water partition coefficient (Wildman–Crippen LogP) is 1.84. The lowest BCUT2D eigenvalue weighted by Gasteiger charge is -2.26. The molecule has 1 atom stereocenters. The van der Waals surface area contributed by atoms with Crippen LogP contribution in [0.1, 0.15) is 26.3 Å². The molecule has 3 amide bonds. The average Bonchev–Trinajstić information content (AvgIpc) is 2.86. The standard InChI is InChI=1S/C16H20N4O5/c1-4-19(5-2)10(3)25-12-6-7-14(20(23)24)11(8-12)9-13-15(21)18-16(22)17-13/h6-10H,4-5H2,1-3H3,(H2,17,18,21,22). The van der Waals surface area contributed by atoms with E-state index in [9.17, 15) is 19.7 Å². The smallest absolute Gasteiger partial charge is 0.326 e. The largest absolute Gasteiger partial charge is 0.475 e. The lowest BCUT2D eigenvalue weighted by molar-refractivity contribution is -0.385. The van der Waals surface area contributed by atoms with E-state index < -0.39 is 16.9 Å². The van der Waals surface area contributed by atoms with E-state index in [4.69, 9.17) is 4.74 Å². The number of ether oxygens (including phenoxy) is 1. The topological polar surface area (TPSA) is 114 Å². The summed E-state index contributed by atoms with van der Waals surface area (Å²) in [6.07, 6.45) is 1.04. The number of nitro benzene ring substituents is 1. The third-order valence-electron chi connectivity index (χ3n) is 3.85. The van der Waals surface area contributed by atoms with Crippen molar-refractivity contribution in [2.24, 2.45) is 0 Å². The first-order valence-corrected chi connectivity index (χ1v) is 7.88. The van der Waals surface area contributed by atoms with Crippen molar-refractivity contribution in [1.82, 2.24) is 15.5 Å². The molecule has 25 heavy (non-hydrogen) atoms. The molecular formula is C16H20N4O5. The second-order valence-electron chi connectivity index (χ2n) is 5.38. The molecule has 1 aliphatic rings. The van der Waals surface area contributed by atoms with Gasteiger partial charge in [0.2, 0.25) is 0 Å². The molecule has 0 radical (unpaired) electrons. The zero-order chi connectivity index (χ0) is 18.6. The van der Waals surface area contributed by atoms with Gasteiger partial charge in [0.05, 0.1) is 10.5 Å². The summed E-state index contributed by atoms with van der Waals surface area (Å²) >= 11 is 0. The van der Waals surface area contributed by atoms with Crippen molar-refractivity contribution in [3.63, 3.8) is 0 Å². The van der Waals surface area contributed by atoms with Gasteiger partial charge < -0.3 is 10.1 Å². The summed E-state index contributed by atoms with van der Waals surface area (Å²) in [5.74, 6) is -0.205. The fourth-order valence-electron chi connectivity index (χ4n) is 2.54. The fourth-order valence-corrected chi connectivity index (χ4v) is 2.54. The quantitative estimate of drug-likeness (QED) is 0.255. The van der Waals surface area contributed by atoms with E-state index in [-0.39, 0.29) is 23.2 Å². The van der Waals surface area contributed by atoms with Crippen molar-refractivity contribution in [3.8, 4) is 5.75 Å². The highest BCUT2D eigenvalue weighted by Gasteiger charge is 2.25. The molecule has 1 fully saturated rings. The Morgan fingerprint density at radius 3 is 2.48 bits per heavy atom. The number of amides is 3. The Hall–Kier alpha value is -2.94. The molecule has 0 spiro atoms. The number of urea groups is 1. The first-order chi connectivity index (χ1) is 11.8. The molecule has 2 N–H and O–H groups in total. The van der Waals surface area contributed by atoms with E-state index in [1.165, 1.54) is 24.3 Å². The number of nitro groups is 1. The molecular weight excluding hydrogens is 328 g/mol. The van der Waals surface area contributed by atoms with Gasteiger partial charge in [-0.25, -0.2) is 4.79 Å². The molecule has 0 aliphatic carbocycles. The molecule has 1 aromatic rings. The molecule has 0 bridgehead atoms. The van der Waals surface area contributed by atoms with Gasteiger partial charge >= 0.3 is 6.03 Å². The molecule has 2 rings (SSSR count). The Kier molecular flexibility index (Phi) is 5.71. The first-order valence-electron chi connectivity index (χ1n) is 7.88. The lowest BCUT2D eigenvalue weighted by Crippen LogP contribution is -2.36. The summed E-state index contributed by atoms with van der Waals surface area (Å²) in [5, 5.41) is 15.6. The van der Waals surface area contributed by atoms with Crippen molar-refractivity contribution in [3.05, 3.63) is 39.6 Å². The highest BCUT2D eigenvalue weighted by Crippen LogP contribution is 2.27. The Balaban J connectivity index is 2.34. The second-order valence-corrected chi connectivity index (χ2v) is 5.38. The van der Waals surface area contributed by atoms with Crippen LogP contribution in [0.15, 0.2) is 23.9 Å². The fraction of sp³-hybridized carbons (Fsp3) is 0.375. The highest BCUT2D eigenvalue weighted by atomic mass is 16.6. The molecule has 0 aromatic heterocycles. The third-order valence-corrected chi connectivity index (χ3v) is 3.85. The number of carbonyl (C=O) groups is 2. The Morgan fingerprint density at radius 2 is 1.96 bits per heavy atom. The maximum Gasteiger partial charge on any atom is 0.326 e. The summed E-state index contributed by atoms with van der Waals surface area (Å²) in [4.78, 5) is 35.5. The summed E-state index contributed by atoms with van der Waals surface area (Å²) in [7, 11) is 0. The molecule has 1 saturated heterocycles. The van der Waals surface area contributed by atoms with E-state index in [2.05, 4.69) is 10.2 Å². The number of hydrogen-bond acceptors (Lipinski definition) is 6. The number of rotatable bonds is 7. The summed E-state index contributed by atoms with van der Waals surface area (Å²) in [6.45, 7) is 7.51. The second kappa shape index (κ2) is 7.75. The van der Waals surface area contributed by atoms with Crippen LogP contribution in [0, 0.1) is 10.1 Å². The van der Waals surface area contributed by atoms with Crippen LogP contribution >= 0.6 is 0 Å². The van der Waals surface area contributed by atoms with Crippen molar-refractivity contribution in [1.29, 1.82) is 0 Å². The van der Waals surface area contributed by atoms with Crippen LogP contribution in [0.25, 0.3) is 6.08 Å². The van der Waals surface area contributed by atoms with E-state index in [0.717, 1.165) is 13.1 Å². The average molecular weight is 348 g/mol. The number of nitrogens with zero attached hydrogens (tertiary/aromatic N) is 2. The van der Waals surface area contributed by atoms with Crippen LogP contribution in [0.3, 0.4) is 0 Å². The van der Waals surface area contributed by atoms with Crippen molar-refractivity contribution in [2.45, 2.75) is 27.0 Å². The first kappa shape index (κ1) is 18.4. The van der Waals surface area contributed by atoms with Gasteiger partial charge in [-0.1, -0.05) is 13.8 Å².